The molecule has 0 atom stereocenters. The van der Waals surface area contributed by atoms with E-state index in [2.05, 4.69) is 77.3 Å². The van der Waals surface area contributed by atoms with Crippen LogP contribution in [0.15, 0.2) is 318 Å². The number of fused-ring (bicyclic) bond motifs is 5. The zero-order valence-corrected chi connectivity index (χ0v) is 73.2. The van der Waals surface area contributed by atoms with Crippen molar-refractivity contribution in [3.05, 3.63) is 400 Å². The van der Waals surface area contributed by atoms with Gasteiger partial charge in [-0.2, -0.15) is 78.2 Å². The molecule has 0 saturated carbocycles. The number of rotatable bonds is 21. The summed E-state index contributed by atoms with van der Waals surface area (Å²) in [6, 6.07) is 69.1. The fourth-order valence-corrected chi connectivity index (χ4v) is 14.7. The zero-order chi connectivity index (χ0) is 98.6. The van der Waals surface area contributed by atoms with Crippen LogP contribution in [0, 0.1) is 13.8 Å². The first kappa shape index (κ1) is 95.4. The van der Waals surface area contributed by atoms with Gasteiger partial charge in [-0.25, -0.2) is 4.98 Å². The molecule has 710 valence electrons. The minimum atomic E-state index is -4.38. The highest BCUT2D eigenvalue weighted by Crippen LogP contribution is 2.37. The van der Waals surface area contributed by atoms with Gasteiger partial charge in [-0.3, -0.25) is 47.4 Å². The first-order valence-corrected chi connectivity index (χ1v) is 42.4. The van der Waals surface area contributed by atoms with E-state index in [9.17, 15) is 76.7 Å². The van der Waals surface area contributed by atoms with Crippen LogP contribution >= 0.6 is 0 Å². The van der Waals surface area contributed by atoms with Gasteiger partial charge in [0.25, 0.3) is 29.5 Å². The monoisotopic (exact) mass is 1920 g/mol. The summed E-state index contributed by atoms with van der Waals surface area (Å²) in [6.45, 7) is 5.14. The number of nitrogens with one attached hydrogen (secondary N) is 7. The number of hydrogen-bond donors (Lipinski definition) is 8. The summed E-state index contributed by atoms with van der Waals surface area (Å²) in [4.78, 5) is 71.2. The van der Waals surface area contributed by atoms with Crippen LogP contribution in [-0.4, -0.2) is 109 Å². The first-order chi connectivity index (χ1) is 67.2. The number of aliphatic hydroxyl groups is 1. The molecular weight excluding hydrogens is 1840 g/mol. The number of amides is 5. The molecule has 8 N–H and O–H groups in total. The molecule has 20 aromatic rings. The van der Waals surface area contributed by atoms with Gasteiger partial charge in [0.15, 0.2) is 29.1 Å². The number of carbonyl (C=O) groups excluding carboxylic acids is 5. The summed E-state index contributed by atoms with van der Waals surface area (Å²) in [7, 11) is 0. The van der Waals surface area contributed by atoms with Crippen LogP contribution < -0.4 is 26.6 Å². The number of halogens is 12. The van der Waals surface area contributed by atoms with Crippen molar-refractivity contribution in [3.8, 4) is 0 Å². The predicted octanol–water partition coefficient (Wildman–Crippen LogP) is 21.5. The fourth-order valence-electron chi connectivity index (χ4n) is 14.7. The molecule has 10 aromatic heterocycles. The number of aromatic amines is 2. The smallest absolute Gasteiger partial charge is 0.416 e. The number of carbonyl (C=O) groups is 5. The molecule has 10 heterocycles. The van der Waals surface area contributed by atoms with Crippen molar-refractivity contribution in [1.82, 2.24) is 74.2 Å². The lowest BCUT2D eigenvalue weighted by molar-refractivity contribution is -0.138. The fraction of sp³-hybridized carbons (Fsp3) is 0.121. The second-order valence-electron chi connectivity index (χ2n) is 31.4. The van der Waals surface area contributed by atoms with E-state index >= 15 is 0 Å². The molecule has 20 rings (SSSR count). The van der Waals surface area contributed by atoms with E-state index in [1.165, 1.54) is 92.0 Å². The Labute approximate surface area is 783 Å². The number of anilines is 5. The number of imidazole rings is 1. The van der Waals surface area contributed by atoms with Crippen LogP contribution in [0.25, 0.3) is 54.5 Å². The number of nitrogens with zero attached hydrogens (tertiary/aromatic N) is 13. The average Bonchev–Trinajstić information content (AvgIpc) is 1.76. The normalized spacial score (nSPS) is 11.6. The second kappa shape index (κ2) is 41.2. The van der Waals surface area contributed by atoms with Gasteiger partial charge in [-0.05, 0) is 174 Å². The van der Waals surface area contributed by atoms with Crippen LogP contribution in [0.5, 0.6) is 0 Å². The Morgan fingerprint density at radius 1 is 0.350 bits per heavy atom. The second-order valence-corrected chi connectivity index (χ2v) is 31.4. The lowest BCUT2D eigenvalue weighted by Crippen LogP contribution is -2.14. The van der Waals surface area contributed by atoms with Gasteiger partial charge in [0, 0.05) is 44.8 Å². The Hall–Kier alpha value is -17.8. The molecule has 0 saturated heterocycles. The molecule has 0 fully saturated rings. The summed E-state index contributed by atoms with van der Waals surface area (Å²) >= 11 is 0. The number of aryl methyl sites for hydroxylation is 2. The van der Waals surface area contributed by atoms with E-state index in [1.807, 2.05) is 139 Å². The maximum absolute atomic E-state index is 12.8. The van der Waals surface area contributed by atoms with Crippen molar-refractivity contribution in [3.63, 3.8) is 0 Å². The summed E-state index contributed by atoms with van der Waals surface area (Å²) < 4.78 is 176. The Balaban J connectivity index is 0.000000126. The molecule has 41 heteroatoms. The highest BCUT2D eigenvalue weighted by molar-refractivity contribution is 6.11. The van der Waals surface area contributed by atoms with Gasteiger partial charge in [-0.15, -0.1) is 0 Å². The summed E-state index contributed by atoms with van der Waals surface area (Å²) in [5, 5.41) is 56.1. The van der Waals surface area contributed by atoms with Gasteiger partial charge in [0.05, 0.1) is 126 Å². The molecule has 29 nitrogen and oxygen atoms in total. The molecule has 0 bridgehead atoms. The average molecular weight is 1920 g/mol. The molecule has 0 aliphatic rings. The highest BCUT2D eigenvalue weighted by Gasteiger charge is 2.34. The van der Waals surface area contributed by atoms with E-state index in [-0.39, 0.29) is 62.0 Å². The van der Waals surface area contributed by atoms with Crippen LogP contribution in [-0.2, 0) is 64.0 Å². The number of para-hydroxylation sites is 5. The third kappa shape index (κ3) is 22.7. The maximum atomic E-state index is 12.8. The molecule has 0 radical (unpaired) electrons. The van der Waals surface area contributed by atoms with E-state index in [0.717, 1.165) is 109 Å². The molecule has 5 amide bonds. The third-order valence-electron chi connectivity index (χ3n) is 21.8. The number of H-pyrrole nitrogens is 2. The zero-order valence-electron chi connectivity index (χ0n) is 73.2. The van der Waals surface area contributed by atoms with Crippen LogP contribution in [0.3, 0.4) is 0 Å². The Bertz CT molecular complexity index is 7360. The Morgan fingerprint density at radius 3 is 0.986 bits per heavy atom. The lowest BCUT2D eigenvalue weighted by Gasteiger charge is -2.08. The number of aliphatic hydroxyl groups excluding tert-OH is 1. The number of hydrogen-bond acceptors (Lipinski definition) is 17. The van der Waals surface area contributed by atoms with Crippen molar-refractivity contribution < 1.29 is 95.2 Å². The molecule has 140 heavy (non-hydrogen) atoms. The molecular formula is C99H76F12N20O9. The maximum Gasteiger partial charge on any atom is 0.416 e. The minimum absolute atomic E-state index is 0.0230. The Kier molecular flexibility index (Phi) is 28.1. The van der Waals surface area contributed by atoms with Crippen molar-refractivity contribution in [1.29, 1.82) is 0 Å². The Morgan fingerprint density at radius 2 is 0.686 bits per heavy atom. The topological polar surface area (TPSA) is 364 Å². The summed E-state index contributed by atoms with van der Waals surface area (Å²) in [5.74, 6) is 0.117. The number of furan rings is 1. The van der Waals surface area contributed by atoms with Crippen LogP contribution in [0.4, 0.5) is 81.8 Å². The van der Waals surface area contributed by atoms with E-state index in [0.29, 0.717) is 91.2 Å². The van der Waals surface area contributed by atoms with Crippen molar-refractivity contribution >= 4 is 113 Å². The van der Waals surface area contributed by atoms with E-state index < -0.39 is 58.8 Å². The van der Waals surface area contributed by atoms with Crippen LogP contribution in [0.1, 0.15) is 119 Å². The molecule has 0 unspecified atom stereocenters. The highest BCUT2D eigenvalue weighted by atomic mass is 19.4. The van der Waals surface area contributed by atoms with Crippen molar-refractivity contribution in [2.45, 2.75) is 77.9 Å². The van der Waals surface area contributed by atoms with Gasteiger partial charge < -0.3 is 55.1 Å². The quantitative estimate of drug-likeness (QED) is 0.0310. The van der Waals surface area contributed by atoms with Gasteiger partial charge in [0.1, 0.15) is 17.7 Å². The minimum Gasteiger partial charge on any atom is -0.472 e. The molecule has 10 aromatic carbocycles. The standard InChI is InChI=1S/C21H17F3N4O.C20H15F3N4O2.C20H17N3O3.C19H14F3N5O.C19H13F3N4O2/c1-13-10-11-25-18(13)20(29)26-19-16-4-2-3-5-17(16)28(27-19)12-14-6-8-15(9-7-14)21(22,23)24;1-12-10-24-29-17(12)19(28)25-18-15-4-2-3-5-16(15)27(26-18)11-13-6-8-14(9-7-13)20(21,22)23;24-12-15-7-5-14(6-8-15)11-23-18-4-2-1-3-17(18)19(22-23)21-20(25)16-9-10-26-13-16;20-19(21,22)13-7-5-12(6-8-13)10-27-16-4-2-1-3-14(16)17(26-27)25-18(28)15-9-23-11-24-15;20-19(21,22)13-7-5-12(6-8-13)11-26-15-4-2-1-3-14(15)17(25-26)24-18(27)16-9-10-23-28-16/h2-11,25H,12H2,1H3,(H,26,27,29);2-10H,11H2,1H3,(H,25,26,28);1-10,13,24H,11-12H2,(H,21,22,25);1-9,11H,10H2,(H,23,24)(H,25,26,28);1-10H,11H2,(H,24,25,27). The van der Waals surface area contributed by atoms with Crippen molar-refractivity contribution in [2.75, 3.05) is 26.6 Å². The van der Waals surface area contributed by atoms with Crippen LogP contribution in [0.2, 0.25) is 0 Å². The first-order valence-electron chi connectivity index (χ1n) is 42.4. The molecule has 0 aliphatic heterocycles. The third-order valence-corrected chi connectivity index (χ3v) is 21.8. The van der Waals surface area contributed by atoms with Gasteiger partial charge in [0.2, 0.25) is 11.5 Å². The SMILES string of the molecule is Cc1cc[nH]c1C(=O)Nc1nn(Cc2ccc(C(F)(F)F)cc2)c2ccccc12.Cc1cnoc1C(=O)Nc1nn(Cc2ccc(C(F)(F)F)cc2)c2ccccc12.O=C(Nc1nn(Cc2ccc(C(F)(F)F)cc2)c2ccccc12)c1ccno1.O=C(Nc1nn(Cc2ccc(C(F)(F)F)cc2)c2ccccc12)c1cnc[nH]1.O=C(Nc1nn(Cc2ccc(CO)cc2)c2ccccc12)c1ccoc1. The lowest BCUT2D eigenvalue weighted by atomic mass is 10.1. The van der Waals surface area contributed by atoms with Gasteiger partial charge >= 0.3 is 24.7 Å². The number of alkyl halides is 12. The van der Waals surface area contributed by atoms with E-state index in [4.69, 9.17) is 18.6 Å². The summed E-state index contributed by atoms with van der Waals surface area (Å²) in [6.07, 6.45) is -7.36. The van der Waals surface area contributed by atoms with Gasteiger partial charge in [-0.1, -0.05) is 144 Å². The summed E-state index contributed by atoms with van der Waals surface area (Å²) in [5.41, 5.74) is 8.26. The number of aromatic nitrogens is 15. The number of benzene rings is 10. The molecule has 0 aliphatic carbocycles. The van der Waals surface area contributed by atoms with Crippen molar-refractivity contribution in [2.24, 2.45) is 0 Å². The largest absolute Gasteiger partial charge is 0.472 e. The predicted molar refractivity (Wildman–Crippen MR) is 493 cm³/mol. The van der Waals surface area contributed by atoms with E-state index in [1.54, 1.807) is 62.2 Å². The molecule has 0 spiro atoms.